The van der Waals surface area contributed by atoms with Crippen LogP contribution >= 0.6 is 39.3 Å². The van der Waals surface area contributed by atoms with E-state index in [2.05, 4.69) is 28.1 Å². The molecule has 18 heavy (non-hydrogen) atoms. The molecule has 0 bridgehead atoms. The zero-order valence-electron chi connectivity index (χ0n) is 9.70. The van der Waals surface area contributed by atoms with Crippen LogP contribution < -0.4 is 5.73 Å². The smallest absolute Gasteiger partial charge is 0.0446 e. The lowest BCUT2D eigenvalue weighted by atomic mass is 10.2. The van der Waals surface area contributed by atoms with Gasteiger partial charge in [-0.3, -0.25) is 0 Å². The van der Waals surface area contributed by atoms with Gasteiger partial charge in [0.05, 0.1) is 0 Å². The number of hydrogen-bond acceptors (Lipinski definition) is 2. The fourth-order valence-electron chi connectivity index (χ4n) is 1.57. The Balaban J connectivity index is 1.95. The Bertz CT molecular complexity index is 545. The van der Waals surface area contributed by atoms with Crippen LogP contribution in [0.1, 0.15) is 11.1 Å². The molecule has 0 saturated carbocycles. The molecule has 0 aliphatic carbocycles. The molecule has 1 nitrogen and oxygen atoms in total. The van der Waals surface area contributed by atoms with Crippen LogP contribution in [0.5, 0.6) is 0 Å². The average Bonchev–Trinajstić information content (AvgIpc) is 2.34. The van der Waals surface area contributed by atoms with E-state index < -0.39 is 0 Å². The highest BCUT2D eigenvalue weighted by atomic mass is 79.9. The monoisotopic (exact) mass is 341 g/mol. The van der Waals surface area contributed by atoms with Gasteiger partial charge in [0.1, 0.15) is 0 Å². The Kier molecular flexibility index (Phi) is 4.98. The quantitative estimate of drug-likeness (QED) is 0.781. The lowest BCUT2D eigenvalue weighted by molar-refractivity contribution is 1.35. The van der Waals surface area contributed by atoms with Gasteiger partial charge in [-0.15, -0.1) is 0 Å². The summed E-state index contributed by atoms with van der Waals surface area (Å²) in [6, 6.07) is 13.9. The van der Waals surface area contributed by atoms with Gasteiger partial charge < -0.3 is 5.73 Å². The summed E-state index contributed by atoms with van der Waals surface area (Å²) >= 11 is 11.5. The van der Waals surface area contributed by atoms with Gasteiger partial charge in [-0.25, -0.2) is 0 Å². The summed E-state index contributed by atoms with van der Waals surface area (Å²) in [5.41, 5.74) is 8.92. The Morgan fingerprint density at radius 2 is 1.78 bits per heavy atom. The number of rotatable bonds is 4. The van der Waals surface area contributed by atoms with Crippen molar-refractivity contribution in [1.82, 2.24) is 0 Å². The first-order valence-corrected chi connectivity index (χ1v) is 7.84. The molecule has 0 radical (unpaired) electrons. The van der Waals surface area contributed by atoms with Gasteiger partial charge in [0.15, 0.2) is 0 Å². The number of thioether (sulfide) groups is 1. The van der Waals surface area contributed by atoms with E-state index >= 15 is 0 Å². The summed E-state index contributed by atoms with van der Waals surface area (Å²) in [6.45, 7) is 0. The highest BCUT2D eigenvalue weighted by Gasteiger charge is 2.03. The fourth-order valence-corrected chi connectivity index (χ4v) is 3.62. The SMILES string of the molecule is Nc1ccc(CSCc2ccccc2Cl)c(Br)c1. The third kappa shape index (κ3) is 3.67. The second kappa shape index (κ2) is 6.50. The molecule has 2 aromatic rings. The number of anilines is 1. The molecule has 0 atom stereocenters. The molecule has 2 rings (SSSR count). The van der Waals surface area contributed by atoms with Crippen molar-refractivity contribution in [1.29, 1.82) is 0 Å². The summed E-state index contributed by atoms with van der Waals surface area (Å²) in [5, 5.41) is 0.835. The van der Waals surface area contributed by atoms with E-state index in [4.69, 9.17) is 17.3 Å². The van der Waals surface area contributed by atoms with E-state index in [1.807, 2.05) is 42.1 Å². The molecule has 0 aromatic heterocycles. The molecule has 0 aliphatic rings. The van der Waals surface area contributed by atoms with Crippen LogP contribution in [0.25, 0.3) is 0 Å². The molecule has 0 saturated heterocycles. The molecule has 0 fully saturated rings. The Labute approximate surface area is 125 Å². The molecule has 0 unspecified atom stereocenters. The van der Waals surface area contributed by atoms with Gasteiger partial charge in [-0.1, -0.05) is 51.8 Å². The van der Waals surface area contributed by atoms with Gasteiger partial charge in [-0.05, 0) is 29.3 Å². The minimum absolute atomic E-state index is 0.779. The van der Waals surface area contributed by atoms with Crippen LogP contribution in [-0.2, 0) is 11.5 Å². The first kappa shape index (κ1) is 13.8. The van der Waals surface area contributed by atoms with Crippen molar-refractivity contribution in [2.24, 2.45) is 0 Å². The molecule has 4 heteroatoms. The molecule has 2 N–H and O–H groups in total. The Hall–Kier alpha value is -0.640. The maximum absolute atomic E-state index is 6.12. The van der Waals surface area contributed by atoms with Crippen molar-refractivity contribution in [2.75, 3.05) is 5.73 Å². The minimum atomic E-state index is 0.779. The van der Waals surface area contributed by atoms with Gasteiger partial charge in [0, 0.05) is 26.7 Å². The standard InChI is InChI=1S/C14H13BrClNS/c15-13-7-12(17)6-5-10(13)8-18-9-11-3-1-2-4-14(11)16/h1-7H,8-9,17H2. The van der Waals surface area contributed by atoms with Crippen LogP contribution in [0.15, 0.2) is 46.9 Å². The van der Waals surface area contributed by atoms with Gasteiger partial charge in [0.25, 0.3) is 0 Å². The van der Waals surface area contributed by atoms with E-state index in [-0.39, 0.29) is 0 Å². The van der Waals surface area contributed by atoms with Crippen LogP contribution in [0.4, 0.5) is 5.69 Å². The number of halogens is 2. The Morgan fingerprint density at radius 1 is 1.06 bits per heavy atom. The molecular weight excluding hydrogens is 330 g/mol. The molecule has 0 spiro atoms. The van der Waals surface area contributed by atoms with E-state index in [1.165, 1.54) is 11.1 Å². The zero-order chi connectivity index (χ0) is 13.0. The predicted molar refractivity (Wildman–Crippen MR) is 85.0 cm³/mol. The summed E-state index contributed by atoms with van der Waals surface area (Å²) in [4.78, 5) is 0. The van der Waals surface area contributed by atoms with Crippen molar-refractivity contribution in [3.8, 4) is 0 Å². The predicted octanol–water partition coefficient (Wildman–Crippen LogP) is 5.12. The lowest BCUT2D eigenvalue weighted by Gasteiger charge is -2.06. The highest BCUT2D eigenvalue weighted by Crippen LogP contribution is 2.27. The summed E-state index contributed by atoms with van der Waals surface area (Å²) < 4.78 is 1.06. The second-order valence-electron chi connectivity index (χ2n) is 3.94. The van der Waals surface area contributed by atoms with Gasteiger partial charge in [0.2, 0.25) is 0 Å². The molecule has 0 aliphatic heterocycles. The number of hydrogen-bond donors (Lipinski definition) is 1. The molecule has 94 valence electrons. The van der Waals surface area contributed by atoms with Crippen LogP contribution in [0.2, 0.25) is 5.02 Å². The van der Waals surface area contributed by atoms with Crippen molar-refractivity contribution >= 4 is 45.0 Å². The van der Waals surface area contributed by atoms with E-state index in [9.17, 15) is 0 Å². The third-order valence-corrected chi connectivity index (χ3v) is 4.69. The number of benzene rings is 2. The van der Waals surface area contributed by atoms with Crippen LogP contribution in [0.3, 0.4) is 0 Å². The van der Waals surface area contributed by atoms with E-state index in [0.717, 1.165) is 26.7 Å². The van der Waals surface area contributed by atoms with Crippen LogP contribution in [0, 0.1) is 0 Å². The largest absolute Gasteiger partial charge is 0.399 e. The number of nitrogens with two attached hydrogens (primary N) is 1. The second-order valence-corrected chi connectivity index (χ2v) is 6.18. The maximum atomic E-state index is 6.12. The maximum Gasteiger partial charge on any atom is 0.0446 e. The summed E-state index contributed by atoms with van der Waals surface area (Å²) in [6.07, 6.45) is 0. The molecular formula is C14H13BrClNS. The van der Waals surface area contributed by atoms with Crippen molar-refractivity contribution < 1.29 is 0 Å². The first-order chi connectivity index (χ1) is 8.66. The summed E-state index contributed by atoms with van der Waals surface area (Å²) in [7, 11) is 0. The molecule has 2 aromatic carbocycles. The van der Waals surface area contributed by atoms with Gasteiger partial charge in [-0.2, -0.15) is 11.8 Å². The van der Waals surface area contributed by atoms with Crippen molar-refractivity contribution in [2.45, 2.75) is 11.5 Å². The van der Waals surface area contributed by atoms with Crippen molar-refractivity contribution in [3.05, 3.63) is 63.1 Å². The highest BCUT2D eigenvalue weighted by molar-refractivity contribution is 9.10. The van der Waals surface area contributed by atoms with Crippen LogP contribution in [-0.4, -0.2) is 0 Å². The minimum Gasteiger partial charge on any atom is -0.399 e. The molecule has 0 amide bonds. The van der Waals surface area contributed by atoms with E-state index in [1.54, 1.807) is 0 Å². The first-order valence-electron chi connectivity index (χ1n) is 5.52. The Morgan fingerprint density at radius 3 is 2.50 bits per heavy atom. The van der Waals surface area contributed by atoms with E-state index in [0.29, 0.717) is 0 Å². The average molecular weight is 343 g/mol. The zero-order valence-corrected chi connectivity index (χ0v) is 12.9. The normalized spacial score (nSPS) is 10.6. The third-order valence-electron chi connectivity index (χ3n) is 2.55. The number of nitrogen functional groups attached to an aromatic ring is 1. The topological polar surface area (TPSA) is 26.0 Å². The van der Waals surface area contributed by atoms with Gasteiger partial charge >= 0.3 is 0 Å². The van der Waals surface area contributed by atoms with Crippen molar-refractivity contribution in [3.63, 3.8) is 0 Å². The fraction of sp³-hybridized carbons (Fsp3) is 0.143. The summed E-state index contributed by atoms with van der Waals surface area (Å²) in [5.74, 6) is 1.85. The molecule has 0 heterocycles. The lowest BCUT2D eigenvalue weighted by Crippen LogP contribution is -1.89.